The fourth-order valence-corrected chi connectivity index (χ4v) is 4.31. The van der Waals surface area contributed by atoms with Gasteiger partial charge in [0.1, 0.15) is 22.6 Å². The van der Waals surface area contributed by atoms with Gasteiger partial charge in [-0.25, -0.2) is 4.79 Å². The number of fused-ring (bicyclic) bond motifs is 2. The Morgan fingerprint density at radius 2 is 1.89 bits per heavy atom. The highest BCUT2D eigenvalue weighted by Crippen LogP contribution is 2.37. The average molecular weight is 382 g/mol. The number of carbonyl (C=O) groups is 2. The first-order valence-corrected chi connectivity index (χ1v) is 9.39. The maximum Gasteiger partial charge on any atom is 0.339 e. The van der Waals surface area contributed by atoms with Crippen molar-refractivity contribution in [3.05, 3.63) is 51.2 Å². The lowest BCUT2D eigenvalue weighted by Gasteiger charge is -2.35. The molecular formula is C20H22N4O4. The van der Waals surface area contributed by atoms with E-state index in [1.165, 1.54) is 6.20 Å². The molecule has 1 saturated carbocycles. The Morgan fingerprint density at radius 1 is 1.18 bits per heavy atom. The number of aromatic carboxylic acids is 1. The van der Waals surface area contributed by atoms with E-state index in [0.29, 0.717) is 35.5 Å². The number of carboxylic acid groups (broad SMARTS) is 1. The molecule has 8 heteroatoms. The molecule has 0 atom stereocenters. The smallest absolute Gasteiger partial charge is 0.339 e. The number of anilines is 2. The third-order valence-electron chi connectivity index (χ3n) is 5.60. The Morgan fingerprint density at radius 3 is 2.57 bits per heavy atom. The van der Waals surface area contributed by atoms with Crippen molar-refractivity contribution in [1.29, 1.82) is 0 Å². The molecule has 146 valence electrons. The SMILES string of the molecule is Cc1cc(Nc2cc(C)c3n(c2=O)C2(CCCCC2)NC3=O)c(C(=O)O)cn1. The molecule has 0 saturated heterocycles. The van der Waals surface area contributed by atoms with Crippen molar-refractivity contribution in [2.24, 2.45) is 0 Å². The maximum absolute atomic E-state index is 13.3. The zero-order valence-electron chi connectivity index (χ0n) is 15.8. The van der Waals surface area contributed by atoms with Crippen molar-refractivity contribution in [2.45, 2.75) is 51.6 Å². The van der Waals surface area contributed by atoms with Crippen molar-refractivity contribution in [2.75, 3.05) is 5.32 Å². The second-order valence-electron chi connectivity index (χ2n) is 7.58. The fraction of sp³-hybridized carbons (Fsp3) is 0.400. The lowest BCUT2D eigenvalue weighted by molar-refractivity contribution is 0.0697. The van der Waals surface area contributed by atoms with Gasteiger partial charge in [0.25, 0.3) is 11.5 Å². The van der Waals surface area contributed by atoms with Crippen LogP contribution in [-0.4, -0.2) is 26.5 Å². The van der Waals surface area contributed by atoms with E-state index in [1.54, 1.807) is 30.5 Å². The molecule has 1 amide bonds. The molecule has 1 aliphatic carbocycles. The second-order valence-corrected chi connectivity index (χ2v) is 7.58. The van der Waals surface area contributed by atoms with Crippen LogP contribution >= 0.6 is 0 Å². The first-order chi connectivity index (χ1) is 13.3. The summed E-state index contributed by atoms with van der Waals surface area (Å²) in [5.74, 6) is -1.36. The summed E-state index contributed by atoms with van der Waals surface area (Å²) >= 11 is 0. The van der Waals surface area contributed by atoms with Gasteiger partial charge >= 0.3 is 5.97 Å². The molecule has 0 unspecified atom stereocenters. The van der Waals surface area contributed by atoms with Gasteiger partial charge in [-0.3, -0.25) is 19.1 Å². The molecule has 0 bridgehead atoms. The Balaban J connectivity index is 1.86. The summed E-state index contributed by atoms with van der Waals surface area (Å²) in [7, 11) is 0. The molecule has 1 spiro atoms. The number of aromatic nitrogens is 2. The van der Waals surface area contributed by atoms with Gasteiger partial charge in [0.15, 0.2) is 0 Å². The lowest BCUT2D eigenvalue weighted by Crippen LogP contribution is -2.48. The third kappa shape index (κ3) is 2.76. The number of pyridine rings is 2. The number of nitrogens with one attached hydrogen (secondary N) is 2. The lowest BCUT2D eigenvalue weighted by atomic mass is 9.89. The molecule has 8 nitrogen and oxygen atoms in total. The summed E-state index contributed by atoms with van der Waals surface area (Å²) in [6, 6.07) is 3.20. The number of hydrogen-bond donors (Lipinski definition) is 3. The summed E-state index contributed by atoms with van der Waals surface area (Å²) in [4.78, 5) is 41.5. The number of nitrogens with zero attached hydrogens (tertiary/aromatic N) is 2. The minimum absolute atomic E-state index is 0.0188. The molecule has 0 radical (unpaired) electrons. The molecule has 2 aliphatic rings. The molecule has 2 aromatic heterocycles. The summed E-state index contributed by atoms with van der Waals surface area (Å²) in [6.45, 7) is 3.53. The quantitative estimate of drug-likeness (QED) is 0.752. The standard InChI is InChI=1S/C20H22N4O4/c1-11-8-15(22-14-9-12(2)21-10-13(14)19(27)28)18(26)24-16(11)17(25)23-20(24)6-4-3-5-7-20/h8-10H,3-7H2,1-2H3,(H,21,22)(H,23,25)(H,27,28). The second kappa shape index (κ2) is 6.47. The summed E-state index contributed by atoms with van der Waals surface area (Å²) < 4.78 is 1.58. The highest BCUT2D eigenvalue weighted by atomic mass is 16.4. The number of hydrogen-bond acceptors (Lipinski definition) is 5. The predicted octanol–water partition coefficient (Wildman–Crippen LogP) is 2.66. The minimum Gasteiger partial charge on any atom is -0.478 e. The van der Waals surface area contributed by atoms with Gasteiger partial charge in [-0.05, 0) is 57.2 Å². The molecule has 4 rings (SSSR count). The van der Waals surface area contributed by atoms with Gasteiger partial charge in [0.05, 0.1) is 5.69 Å². The van der Waals surface area contributed by atoms with Crippen molar-refractivity contribution in [1.82, 2.24) is 14.9 Å². The van der Waals surface area contributed by atoms with Crippen molar-refractivity contribution in [3.8, 4) is 0 Å². The van der Waals surface area contributed by atoms with Gasteiger partial charge < -0.3 is 15.7 Å². The Labute approximate surface area is 161 Å². The maximum atomic E-state index is 13.3. The van der Waals surface area contributed by atoms with Crippen molar-refractivity contribution < 1.29 is 14.7 Å². The first-order valence-electron chi connectivity index (χ1n) is 9.39. The fourth-order valence-electron chi connectivity index (χ4n) is 4.31. The normalized spacial score (nSPS) is 17.3. The van der Waals surface area contributed by atoms with Crippen LogP contribution in [0.15, 0.2) is 23.1 Å². The van der Waals surface area contributed by atoms with E-state index >= 15 is 0 Å². The van der Waals surface area contributed by atoms with Gasteiger partial charge in [-0.1, -0.05) is 6.42 Å². The zero-order valence-corrected chi connectivity index (χ0v) is 15.8. The number of carboxylic acids is 1. The van der Waals surface area contributed by atoms with E-state index in [-0.39, 0.29) is 22.7 Å². The Hall–Kier alpha value is -3.16. The van der Waals surface area contributed by atoms with Crippen LogP contribution in [0.5, 0.6) is 0 Å². The summed E-state index contributed by atoms with van der Waals surface area (Å²) in [5, 5.41) is 15.4. The van der Waals surface area contributed by atoms with Crippen LogP contribution < -0.4 is 16.2 Å². The van der Waals surface area contributed by atoms with Crippen molar-refractivity contribution >= 4 is 23.3 Å². The minimum atomic E-state index is -1.13. The summed E-state index contributed by atoms with van der Waals surface area (Å²) in [6.07, 6.45) is 5.65. The van der Waals surface area contributed by atoms with E-state index in [2.05, 4.69) is 15.6 Å². The average Bonchev–Trinajstić information content (AvgIpc) is 2.92. The van der Waals surface area contributed by atoms with E-state index in [1.807, 2.05) is 0 Å². The van der Waals surface area contributed by atoms with Crippen LogP contribution in [0.3, 0.4) is 0 Å². The van der Waals surface area contributed by atoms with Crippen LogP contribution in [0.1, 0.15) is 64.2 Å². The largest absolute Gasteiger partial charge is 0.478 e. The molecule has 2 aromatic rings. The topological polar surface area (TPSA) is 113 Å². The number of rotatable bonds is 3. The van der Waals surface area contributed by atoms with E-state index in [9.17, 15) is 19.5 Å². The highest BCUT2D eigenvalue weighted by molar-refractivity contribution is 5.97. The number of amides is 1. The Kier molecular flexibility index (Phi) is 4.21. The highest BCUT2D eigenvalue weighted by Gasteiger charge is 2.45. The molecule has 0 aromatic carbocycles. The number of carbonyl (C=O) groups excluding carboxylic acids is 1. The van der Waals surface area contributed by atoms with Crippen LogP contribution in [0.25, 0.3) is 0 Å². The van der Waals surface area contributed by atoms with Crippen LogP contribution in [0.4, 0.5) is 11.4 Å². The van der Waals surface area contributed by atoms with Crippen LogP contribution in [-0.2, 0) is 5.66 Å². The van der Waals surface area contributed by atoms with Crippen LogP contribution in [0, 0.1) is 13.8 Å². The molecular weight excluding hydrogens is 360 g/mol. The molecule has 3 N–H and O–H groups in total. The van der Waals surface area contributed by atoms with E-state index in [0.717, 1.165) is 19.3 Å². The molecule has 1 fully saturated rings. The van der Waals surface area contributed by atoms with Gasteiger partial charge in [0.2, 0.25) is 0 Å². The third-order valence-corrected chi connectivity index (χ3v) is 5.60. The van der Waals surface area contributed by atoms with E-state index < -0.39 is 11.6 Å². The molecule has 3 heterocycles. The zero-order chi connectivity index (χ0) is 20.1. The van der Waals surface area contributed by atoms with Crippen molar-refractivity contribution in [3.63, 3.8) is 0 Å². The Bertz CT molecular complexity index is 1050. The predicted molar refractivity (Wildman–Crippen MR) is 103 cm³/mol. The van der Waals surface area contributed by atoms with E-state index in [4.69, 9.17) is 0 Å². The monoisotopic (exact) mass is 382 g/mol. The molecule has 1 aliphatic heterocycles. The summed E-state index contributed by atoms with van der Waals surface area (Å²) in [5.41, 5.74) is 1.20. The van der Waals surface area contributed by atoms with Gasteiger partial charge in [-0.2, -0.15) is 0 Å². The van der Waals surface area contributed by atoms with Crippen LogP contribution in [0.2, 0.25) is 0 Å². The van der Waals surface area contributed by atoms with Gasteiger partial charge in [0, 0.05) is 11.9 Å². The molecule has 28 heavy (non-hydrogen) atoms. The number of aryl methyl sites for hydroxylation is 2. The first kappa shape index (κ1) is 18.2. The van der Waals surface area contributed by atoms with Gasteiger partial charge in [-0.15, -0.1) is 0 Å².